The zero-order valence-corrected chi connectivity index (χ0v) is 8.90. The van der Waals surface area contributed by atoms with Gasteiger partial charge in [0.1, 0.15) is 0 Å². The third kappa shape index (κ3) is 4.28. The van der Waals surface area contributed by atoms with E-state index in [1.165, 1.54) is 0 Å². The molecule has 1 aliphatic heterocycles. The number of ether oxygens (including phenoxy) is 1. The van der Waals surface area contributed by atoms with E-state index in [1.807, 2.05) is 20.8 Å². The van der Waals surface area contributed by atoms with Crippen molar-refractivity contribution in [3.63, 3.8) is 0 Å². The van der Waals surface area contributed by atoms with E-state index in [4.69, 9.17) is 0 Å². The monoisotopic (exact) mass is 213 g/mol. The number of hydrogen-bond acceptors (Lipinski definition) is 2. The number of alkyl halides is 3. The molecule has 0 aliphatic carbocycles. The molecule has 0 bridgehead atoms. The van der Waals surface area contributed by atoms with Crippen molar-refractivity contribution < 1.29 is 17.9 Å². The minimum atomic E-state index is -4.21. The highest BCUT2D eigenvalue weighted by atomic mass is 19.4. The van der Waals surface area contributed by atoms with Crippen LogP contribution in [0.25, 0.3) is 0 Å². The number of rotatable bonds is 1. The van der Waals surface area contributed by atoms with E-state index in [1.54, 1.807) is 4.90 Å². The minimum absolute atomic E-state index is 0.0278. The van der Waals surface area contributed by atoms with Crippen molar-refractivity contribution in [3.8, 4) is 0 Å². The van der Waals surface area contributed by atoms with Crippen molar-refractivity contribution in [1.29, 1.82) is 0 Å². The first-order valence-corrected chi connectivity index (χ1v) is 4.94. The van der Waals surface area contributed by atoms with E-state index in [0.717, 1.165) is 0 Å². The van der Waals surface area contributed by atoms with Gasteiger partial charge in [-0.2, -0.15) is 13.2 Å². The molecule has 86 valence electrons. The summed E-state index contributed by atoms with van der Waals surface area (Å²) in [7, 11) is 0. The van der Waals surface area contributed by atoms with Gasteiger partial charge >= 0.3 is 6.18 Å². The molecule has 2 nitrogen and oxygen atoms in total. The predicted molar refractivity (Wildman–Crippen MR) is 49.3 cm³/mol. The Balaban J connectivity index is 0.000000791. The highest BCUT2D eigenvalue weighted by molar-refractivity contribution is 4.76. The van der Waals surface area contributed by atoms with E-state index < -0.39 is 12.3 Å². The molecule has 1 unspecified atom stereocenters. The summed E-state index contributed by atoms with van der Waals surface area (Å²) in [5.74, 6) is 0. The average molecular weight is 213 g/mol. The molecule has 1 heterocycles. The molecule has 0 N–H and O–H groups in total. The number of hydrogen-bond donors (Lipinski definition) is 0. The van der Waals surface area contributed by atoms with Crippen LogP contribution < -0.4 is 0 Å². The maximum Gasteiger partial charge on any atom is 0.415 e. The second-order valence-corrected chi connectivity index (χ2v) is 2.79. The van der Waals surface area contributed by atoms with Gasteiger partial charge in [-0.25, -0.2) is 0 Å². The van der Waals surface area contributed by atoms with Gasteiger partial charge < -0.3 is 4.74 Å². The van der Waals surface area contributed by atoms with Gasteiger partial charge in [-0.1, -0.05) is 20.8 Å². The summed E-state index contributed by atoms with van der Waals surface area (Å²) in [5, 5.41) is 0. The van der Waals surface area contributed by atoms with Crippen molar-refractivity contribution >= 4 is 0 Å². The van der Waals surface area contributed by atoms with Crippen LogP contribution in [0.5, 0.6) is 0 Å². The Morgan fingerprint density at radius 1 is 1.36 bits per heavy atom. The molecule has 1 aliphatic rings. The lowest BCUT2D eigenvalue weighted by Crippen LogP contribution is -2.48. The first-order chi connectivity index (χ1) is 6.54. The lowest BCUT2D eigenvalue weighted by Gasteiger charge is -2.32. The largest absolute Gasteiger partial charge is 0.415 e. The van der Waals surface area contributed by atoms with Gasteiger partial charge in [-0.15, -0.1) is 0 Å². The fraction of sp³-hybridized carbons (Fsp3) is 1.00. The summed E-state index contributed by atoms with van der Waals surface area (Å²) < 4.78 is 40.9. The first kappa shape index (κ1) is 13.7. The molecule has 0 spiro atoms. The van der Waals surface area contributed by atoms with E-state index >= 15 is 0 Å². The Kier molecular flexibility index (Phi) is 6.11. The molecule has 0 aromatic heterocycles. The molecule has 5 heteroatoms. The van der Waals surface area contributed by atoms with Gasteiger partial charge in [0, 0.05) is 13.1 Å². The third-order valence-electron chi connectivity index (χ3n) is 1.96. The fourth-order valence-electron chi connectivity index (χ4n) is 1.19. The number of nitrogens with zero attached hydrogens (tertiary/aromatic N) is 1. The molecule has 14 heavy (non-hydrogen) atoms. The zero-order chi connectivity index (χ0) is 11.2. The van der Waals surface area contributed by atoms with E-state index in [9.17, 15) is 13.2 Å². The van der Waals surface area contributed by atoms with Crippen LogP contribution >= 0.6 is 0 Å². The SMILES string of the molecule is CC.CCN1CCOC(C(F)(F)F)C1. The van der Waals surface area contributed by atoms with Gasteiger partial charge in [0.15, 0.2) is 6.10 Å². The topological polar surface area (TPSA) is 12.5 Å². The molecular weight excluding hydrogens is 195 g/mol. The van der Waals surface area contributed by atoms with E-state index in [0.29, 0.717) is 13.1 Å². The molecule has 0 radical (unpaired) electrons. The van der Waals surface area contributed by atoms with E-state index in [2.05, 4.69) is 4.74 Å². The Labute approximate surface area is 83.0 Å². The maximum absolute atomic E-state index is 12.1. The van der Waals surface area contributed by atoms with Crippen LogP contribution in [0, 0.1) is 0 Å². The molecule has 0 aromatic rings. The van der Waals surface area contributed by atoms with Crippen molar-refractivity contribution in [1.82, 2.24) is 4.90 Å². The summed E-state index contributed by atoms with van der Waals surface area (Å²) in [6.07, 6.45) is -5.81. The number of halogens is 3. The molecule has 1 atom stereocenters. The summed E-state index contributed by atoms with van der Waals surface area (Å²) in [5.41, 5.74) is 0. The molecule has 1 saturated heterocycles. The summed E-state index contributed by atoms with van der Waals surface area (Å²) in [6.45, 7) is 7.25. The smallest absolute Gasteiger partial charge is 0.366 e. The van der Waals surface area contributed by atoms with Crippen molar-refractivity contribution in [3.05, 3.63) is 0 Å². The zero-order valence-electron chi connectivity index (χ0n) is 8.90. The van der Waals surface area contributed by atoms with Crippen molar-refractivity contribution in [2.45, 2.75) is 33.1 Å². The lowest BCUT2D eigenvalue weighted by atomic mass is 10.2. The van der Waals surface area contributed by atoms with Crippen LogP contribution in [0.1, 0.15) is 20.8 Å². The van der Waals surface area contributed by atoms with E-state index in [-0.39, 0.29) is 13.2 Å². The Hall–Kier alpha value is -0.290. The molecule has 1 rings (SSSR count). The first-order valence-electron chi connectivity index (χ1n) is 4.94. The second kappa shape index (κ2) is 6.24. The van der Waals surface area contributed by atoms with Gasteiger partial charge in [0.25, 0.3) is 0 Å². The Morgan fingerprint density at radius 2 is 1.93 bits per heavy atom. The molecule has 0 amide bonds. The van der Waals surface area contributed by atoms with Gasteiger partial charge in [0.05, 0.1) is 6.61 Å². The molecule has 0 saturated carbocycles. The Morgan fingerprint density at radius 3 is 2.36 bits per heavy atom. The predicted octanol–water partition coefficient (Wildman–Crippen LogP) is 2.30. The van der Waals surface area contributed by atoms with Crippen LogP contribution in [-0.4, -0.2) is 43.4 Å². The second-order valence-electron chi connectivity index (χ2n) is 2.79. The summed E-state index contributed by atoms with van der Waals surface area (Å²) in [6, 6.07) is 0. The van der Waals surface area contributed by atoms with Crippen LogP contribution in [0.3, 0.4) is 0 Å². The maximum atomic E-state index is 12.1. The standard InChI is InChI=1S/C7H12F3NO.C2H6/c1-2-11-3-4-12-6(5-11)7(8,9)10;1-2/h6H,2-5H2,1H3;1-2H3. The van der Waals surface area contributed by atoms with Gasteiger partial charge in [-0.05, 0) is 6.54 Å². The molecule has 0 aromatic carbocycles. The molecular formula is C9H18F3NO. The van der Waals surface area contributed by atoms with Crippen molar-refractivity contribution in [2.75, 3.05) is 26.2 Å². The lowest BCUT2D eigenvalue weighted by molar-refractivity contribution is -0.236. The van der Waals surface area contributed by atoms with Gasteiger partial charge in [0.2, 0.25) is 0 Å². The Bertz CT molecular complexity index is 149. The van der Waals surface area contributed by atoms with Crippen molar-refractivity contribution in [2.24, 2.45) is 0 Å². The van der Waals surface area contributed by atoms with Crippen LogP contribution in [0.2, 0.25) is 0 Å². The normalized spacial score (nSPS) is 24.0. The average Bonchev–Trinajstić information content (AvgIpc) is 2.20. The van der Waals surface area contributed by atoms with Crippen LogP contribution in [0.15, 0.2) is 0 Å². The fourth-order valence-corrected chi connectivity index (χ4v) is 1.19. The quantitative estimate of drug-likeness (QED) is 0.662. The van der Waals surface area contributed by atoms with Crippen LogP contribution in [0.4, 0.5) is 13.2 Å². The highest BCUT2D eigenvalue weighted by Gasteiger charge is 2.42. The molecule has 1 fully saturated rings. The number of morpholine rings is 1. The van der Waals surface area contributed by atoms with Gasteiger partial charge in [-0.3, -0.25) is 4.90 Å². The minimum Gasteiger partial charge on any atom is -0.366 e. The summed E-state index contributed by atoms with van der Waals surface area (Å²) in [4.78, 5) is 1.74. The summed E-state index contributed by atoms with van der Waals surface area (Å²) >= 11 is 0. The van der Waals surface area contributed by atoms with Crippen LogP contribution in [-0.2, 0) is 4.74 Å². The number of likely N-dealkylation sites (N-methyl/N-ethyl adjacent to an activating group) is 1. The third-order valence-corrected chi connectivity index (χ3v) is 1.96. The highest BCUT2D eigenvalue weighted by Crippen LogP contribution is 2.25.